The van der Waals surface area contributed by atoms with Gasteiger partial charge in [-0.2, -0.15) is 0 Å². The van der Waals surface area contributed by atoms with E-state index in [0.717, 1.165) is 116 Å². The number of aliphatic carboxylic acids is 1. The highest BCUT2D eigenvalue weighted by Crippen LogP contribution is 2.30. The van der Waals surface area contributed by atoms with Crippen LogP contribution in [0.5, 0.6) is 0 Å². The summed E-state index contributed by atoms with van der Waals surface area (Å²) >= 11 is 0. The zero-order valence-electron chi connectivity index (χ0n) is 35.5. The van der Waals surface area contributed by atoms with Gasteiger partial charge in [0.05, 0.1) is 12.5 Å². The maximum atomic E-state index is 12.5. The number of ether oxygens (including phenoxy) is 1. The lowest BCUT2D eigenvalue weighted by atomic mass is 9.80. The first-order valence-electron chi connectivity index (χ1n) is 23.1. The molecule has 8 heteroatoms. The maximum Gasteiger partial charge on any atom is 0.306 e. The molecule has 0 aliphatic rings. The minimum Gasteiger partial charge on any atom is -0.481 e. The molecule has 1 atom stereocenters. The summed E-state index contributed by atoms with van der Waals surface area (Å²) < 4.78 is 5.43. The molecule has 0 radical (unpaired) electrons. The van der Waals surface area contributed by atoms with Gasteiger partial charge < -0.3 is 14.7 Å². The van der Waals surface area contributed by atoms with Crippen molar-refractivity contribution >= 4 is 11.9 Å². The van der Waals surface area contributed by atoms with Crippen molar-refractivity contribution in [2.24, 2.45) is 17.0 Å². The Morgan fingerprint density at radius 2 is 0.981 bits per heavy atom. The first-order valence-corrected chi connectivity index (χ1v) is 23.1. The molecule has 0 aliphatic heterocycles. The number of rotatable bonds is 43. The van der Waals surface area contributed by atoms with E-state index in [1.165, 1.54) is 109 Å². The first-order chi connectivity index (χ1) is 26.0. The zero-order valence-corrected chi connectivity index (χ0v) is 35.5. The van der Waals surface area contributed by atoms with Crippen molar-refractivity contribution in [1.29, 1.82) is 0 Å². The van der Waals surface area contributed by atoms with Gasteiger partial charge in [-0.3, -0.25) is 9.59 Å². The van der Waals surface area contributed by atoms with Crippen LogP contribution < -0.4 is 0 Å². The molecule has 53 heavy (non-hydrogen) atoms. The summed E-state index contributed by atoms with van der Waals surface area (Å²) in [5.74, 6) is -0.484. The Balaban J connectivity index is 4.46. The highest BCUT2D eigenvalue weighted by atomic mass is 16.5. The first kappa shape index (κ1) is 51.2. The fraction of sp³-hybridized carbons (Fsp3) is 0.956. The van der Waals surface area contributed by atoms with Crippen LogP contribution in [0.3, 0.4) is 0 Å². The number of carbonyl (C=O) groups excluding carboxylic acids is 1. The lowest BCUT2D eigenvalue weighted by Crippen LogP contribution is -2.27. The molecule has 0 saturated heterocycles. The van der Waals surface area contributed by atoms with Crippen molar-refractivity contribution in [2.45, 2.75) is 233 Å². The fourth-order valence-corrected chi connectivity index (χ4v) is 7.73. The van der Waals surface area contributed by atoms with Gasteiger partial charge in [-0.25, -0.2) is 0 Å². The molecule has 0 heterocycles. The van der Waals surface area contributed by atoms with E-state index in [-0.39, 0.29) is 11.9 Å². The number of carbonyl (C=O) groups is 2. The predicted octanol–water partition coefficient (Wildman–Crippen LogP) is 14.4. The van der Waals surface area contributed by atoms with Crippen LogP contribution in [0.15, 0.2) is 5.11 Å². The summed E-state index contributed by atoms with van der Waals surface area (Å²) in [7, 11) is 0. The van der Waals surface area contributed by atoms with Gasteiger partial charge in [-0.15, -0.1) is 0 Å². The number of esters is 1. The van der Waals surface area contributed by atoms with Crippen LogP contribution in [0.2, 0.25) is 0 Å². The van der Waals surface area contributed by atoms with E-state index in [2.05, 4.69) is 35.7 Å². The molecular weight excluding hydrogens is 661 g/mol. The van der Waals surface area contributed by atoms with Crippen LogP contribution in [0.25, 0.3) is 10.4 Å². The SMILES string of the molecule is CCCCCCCCCOC(=O)CCCCCCCN(CCCCCCC(C(=O)O)C(CCCCCCCC)CCCCCCCC)CCCN=[N+]=[N-]. The second kappa shape index (κ2) is 41.4. The average molecular weight is 749 g/mol. The Kier molecular flexibility index (Phi) is 40.0. The van der Waals surface area contributed by atoms with E-state index >= 15 is 0 Å². The molecule has 0 amide bonds. The molecule has 8 nitrogen and oxygen atoms in total. The highest BCUT2D eigenvalue weighted by Gasteiger charge is 2.27. The summed E-state index contributed by atoms with van der Waals surface area (Å²) in [6, 6.07) is 0. The molecule has 0 aromatic rings. The standard InChI is InChI=1S/C45H88N4O4/c1-4-7-10-13-16-24-31-41-53-44(50)36-28-20-17-22-29-38-49(40-32-37-47-48-46)39-30-23-21-27-35-43(45(51)52)42(33-25-18-14-11-8-5-2)34-26-19-15-12-9-6-3/h42-43H,4-41H2,1-3H3,(H,51,52). The molecule has 0 fully saturated rings. The Bertz CT molecular complexity index is 834. The van der Waals surface area contributed by atoms with Gasteiger partial charge in [0.2, 0.25) is 0 Å². The smallest absolute Gasteiger partial charge is 0.306 e. The molecule has 0 spiro atoms. The third-order valence-corrected chi connectivity index (χ3v) is 11.1. The zero-order chi connectivity index (χ0) is 38.9. The predicted molar refractivity (Wildman–Crippen MR) is 225 cm³/mol. The molecule has 0 bridgehead atoms. The van der Waals surface area contributed by atoms with Gasteiger partial charge in [0.25, 0.3) is 0 Å². The minimum absolute atomic E-state index is 0.0400. The summed E-state index contributed by atoms with van der Waals surface area (Å²) in [5, 5.41) is 14.0. The van der Waals surface area contributed by atoms with Crippen molar-refractivity contribution < 1.29 is 19.4 Å². The molecule has 1 unspecified atom stereocenters. The van der Waals surface area contributed by atoms with Gasteiger partial charge in [0, 0.05) is 17.9 Å². The number of carboxylic acids is 1. The number of nitrogens with zero attached hydrogens (tertiary/aromatic N) is 4. The Hall–Kier alpha value is -1.79. The summed E-state index contributed by atoms with van der Waals surface area (Å²) in [5.41, 5.74) is 8.68. The van der Waals surface area contributed by atoms with E-state index in [9.17, 15) is 14.7 Å². The molecular formula is C45H88N4O4. The largest absolute Gasteiger partial charge is 0.481 e. The van der Waals surface area contributed by atoms with Crippen molar-refractivity contribution in [3.8, 4) is 0 Å². The van der Waals surface area contributed by atoms with Gasteiger partial charge >= 0.3 is 11.9 Å². The van der Waals surface area contributed by atoms with Crippen molar-refractivity contribution in [3.63, 3.8) is 0 Å². The normalized spacial score (nSPS) is 12.0. The van der Waals surface area contributed by atoms with Crippen LogP contribution in [0.1, 0.15) is 233 Å². The van der Waals surface area contributed by atoms with E-state index in [4.69, 9.17) is 10.3 Å². The Labute approximate surface area is 328 Å². The van der Waals surface area contributed by atoms with Gasteiger partial charge in [0.1, 0.15) is 0 Å². The van der Waals surface area contributed by atoms with Crippen LogP contribution in [0.4, 0.5) is 0 Å². The number of azide groups is 1. The highest BCUT2D eigenvalue weighted by molar-refractivity contribution is 5.70. The third-order valence-electron chi connectivity index (χ3n) is 11.1. The number of unbranched alkanes of at least 4 members (excludes halogenated alkanes) is 23. The molecule has 312 valence electrons. The Morgan fingerprint density at radius 1 is 0.566 bits per heavy atom. The molecule has 0 aromatic heterocycles. The molecule has 0 saturated carbocycles. The second-order valence-corrected chi connectivity index (χ2v) is 16.0. The second-order valence-electron chi connectivity index (χ2n) is 16.0. The monoisotopic (exact) mass is 749 g/mol. The molecule has 0 aliphatic carbocycles. The van der Waals surface area contributed by atoms with Crippen LogP contribution in [0, 0.1) is 11.8 Å². The molecule has 0 rings (SSSR count). The van der Waals surface area contributed by atoms with E-state index in [1.807, 2.05) is 0 Å². The topological polar surface area (TPSA) is 116 Å². The number of hydrogen-bond donors (Lipinski definition) is 1. The maximum absolute atomic E-state index is 12.5. The summed E-state index contributed by atoms with van der Waals surface area (Å²) in [6.07, 6.45) is 38.0. The summed E-state index contributed by atoms with van der Waals surface area (Å²) in [4.78, 5) is 30.0. The van der Waals surface area contributed by atoms with E-state index < -0.39 is 5.97 Å². The van der Waals surface area contributed by atoms with Crippen molar-refractivity contribution in [1.82, 2.24) is 4.90 Å². The Morgan fingerprint density at radius 3 is 1.47 bits per heavy atom. The van der Waals surface area contributed by atoms with Crippen molar-refractivity contribution in [2.75, 3.05) is 32.8 Å². The van der Waals surface area contributed by atoms with Crippen LogP contribution >= 0.6 is 0 Å². The van der Waals surface area contributed by atoms with E-state index in [0.29, 0.717) is 25.5 Å². The van der Waals surface area contributed by atoms with E-state index in [1.54, 1.807) is 0 Å². The summed E-state index contributed by atoms with van der Waals surface area (Å²) in [6.45, 7) is 10.9. The van der Waals surface area contributed by atoms with Gasteiger partial charge in [-0.1, -0.05) is 180 Å². The fourth-order valence-electron chi connectivity index (χ4n) is 7.73. The van der Waals surface area contributed by atoms with Gasteiger partial charge in [-0.05, 0) is 82.4 Å². The number of carboxylic acid groups (broad SMARTS) is 1. The quantitative estimate of drug-likeness (QED) is 0.0219. The lowest BCUT2D eigenvalue weighted by Gasteiger charge is -2.25. The number of hydrogen-bond acceptors (Lipinski definition) is 5. The third kappa shape index (κ3) is 35.7. The molecule has 0 aromatic carbocycles. The molecule has 1 N–H and O–H groups in total. The lowest BCUT2D eigenvalue weighted by molar-refractivity contribution is -0.145. The van der Waals surface area contributed by atoms with Crippen LogP contribution in [-0.2, 0) is 14.3 Å². The van der Waals surface area contributed by atoms with Crippen molar-refractivity contribution in [3.05, 3.63) is 10.4 Å². The minimum atomic E-state index is -0.572. The van der Waals surface area contributed by atoms with Gasteiger partial charge in [0.15, 0.2) is 0 Å². The van der Waals surface area contributed by atoms with Crippen LogP contribution in [-0.4, -0.2) is 54.7 Å². The average Bonchev–Trinajstić information content (AvgIpc) is 3.15.